The van der Waals surface area contributed by atoms with E-state index in [0.717, 1.165) is 24.6 Å². The van der Waals surface area contributed by atoms with Gasteiger partial charge in [-0.25, -0.2) is 0 Å². The van der Waals surface area contributed by atoms with Crippen LogP contribution >= 0.6 is 0 Å². The van der Waals surface area contributed by atoms with Gasteiger partial charge >= 0.3 is 0 Å². The van der Waals surface area contributed by atoms with Gasteiger partial charge in [0.05, 0.1) is 10.6 Å². The summed E-state index contributed by atoms with van der Waals surface area (Å²) < 4.78 is 5.79. The lowest BCUT2D eigenvalue weighted by Crippen LogP contribution is -2.06. The van der Waals surface area contributed by atoms with Crippen molar-refractivity contribution < 1.29 is 14.1 Å². The summed E-state index contributed by atoms with van der Waals surface area (Å²) in [7, 11) is 0. The number of fused-ring (bicyclic) bond motifs is 2. The van der Waals surface area contributed by atoms with Gasteiger partial charge in [0.1, 0.15) is 5.58 Å². The van der Waals surface area contributed by atoms with Gasteiger partial charge in [0.2, 0.25) is 5.78 Å². The van der Waals surface area contributed by atoms with Crippen LogP contribution in [0.25, 0.3) is 11.0 Å². The first-order valence-electron chi connectivity index (χ1n) is 8.59. The number of ketones is 1. The average Bonchev–Trinajstić information content (AvgIpc) is 2.96. The van der Waals surface area contributed by atoms with Crippen molar-refractivity contribution in [3.63, 3.8) is 0 Å². The summed E-state index contributed by atoms with van der Waals surface area (Å²) >= 11 is 0. The van der Waals surface area contributed by atoms with Crippen molar-refractivity contribution in [2.24, 2.45) is 0 Å². The lowest BCUT2D eigenvalue weighted by atomic mass is 9.83. The smallest absolute Gasteiger partial charge is 0.270 e. The second-order valence-electron chi connectivity index (χ2n) is 6.82. The fourth-order valence-corrected chi connectivity index (χ4v) is 3.71. The van der Waals surface area contributed by atoms with Crippen LogP contribution in [0, 0.1) is 10.1 Å². The van der Waals surface area contributed by atoms with E-state index in [-0.39, 0.29) is 22.7 Å². The Morgan fingerprint density at radius 2 is 2.12 bits per heavy atom. The quantitative estimate of drug-likeness (QED) is 0.423. The van der Waals surface area contributed by atoms with Gasteiger partial charge in [-0.15, -0.1) is 0 Å². The number of anilines is 1. The second-order valence-corrected chi connectivity index (χ2v) is 6.82. The van der Waals surface area contributed by atoms with E-state index < -0.39 is 10.7 Å². The van der Waals surface area contributed by atoms with E-state index in [1.54, 1.807) is 0 Å². The Morgan fingerprint density at radius 1 is 1.31 bits per heavy atom. The zero-order valence-corrected chi connectivity index (χ0v) is 14.3. The molecule has 0 aliphatic heterocycles. The van der Waals surface area contributed by atoms with E-state index in [9.17, 15) is 14.9 Å². The van der Waals surface area contributed by atoms with E-state index in [0.29, 0.717) is 11.5 Å². The monoisotopic (exact) mass is 350 g/mol. The summed E-state index contributed by atoms with van der Waals surface area (Å²) in [6.07, 6.45) is 3.26. The molecule has 1 unspecified atom stereocenters. The largest absolute Gasteiger partial charge is 0.450 e. The van der Waals surface area contributed by atoms with Gasteiger partial charge in [-0.2, -0.15) is 0 Å². The highest BCUT2D eigenvalue weighted by Gasteiger charge is 2.24. The van der Waals surface area contributed by atoms with E-state index >= 15 is 0 Å². The highest BCUT2D eigenvalue weighted by atomic mass is 16.6. The molecule has 2 aromatic carbocycles. The molecule has 1 heterocycles. The van der Waals surface area contributed by atoms with Crippen LogP contribution in [0.2, 0.25) is 0 Å². The number of hydrogen-bond acceptors (Lipinski definition) is 5. The first kappa shape index (κ1) is 16.3. The third-order valence-corrected chi connectivity index (χ3v) is 5.13. The molecule has 1 aliphatic rings. The van der Waals surface area contributed by atoms with E-state index in [4.69, 9.17) is 10.2 Å². The number of nitro groups is 1. The van der Waals surface area contributed by atoms with Crippen LogP contribution in [0.3, 0.4) is 0 Å². The molecule has 1 aromatic heterocycles. The van der Waals surface area contributed by atoms with E-state index in [1.165, 1.54) is 35.4 Å². The number of carbonyl (C=O) groups is 1. The van der Waals surface area contributed by atoms with Crippen molar-refractivity contribution in [3.05, 3.63) is 69.0 Å². The van der Waals surface area contributed by atoms with Crippen LogP contribution in [0.15, 0.2) is 40.8 Å². The molecule has 0 bridgehead atoms. The molecule has 0 amide bonds. The lowest BCUT2D eigenvalue weighted by molar-refractivity contribution is -0.384. The molecule has 6 heteroatoms. The Hall–Kier alpha value is -3.15. The van der Waals surface area contributed by atoms with Crippen LogP contribution in [0.4, 0.5) is 11.4 Å². The molecule has 0 radical (unpaired) electrons. The number of nitro benzene ring substituents is 1. The van der Waals surface area contributed by atoms with Gasteiger partial charge in [-0.05, 0) is 48.4 Å². The second kappa shape index (κ2) is 5.98. The molecule has 0 fully saturated rings. The van der Waals surface area contributed by atoms with Gasteiger partial charge in [-0.1, -0.05) is 19.1 Å². The molecule has 132 valence electrons. The van der Waals surface area contributed by atoms with E-state index in [1.807, 2.05) is 12.1 Å². The summed E-state index contributed by atoms with van der Waals surface area (Å²) in [6, 6.07) is 9.58. The number of benzene rings is 2. The van der Waals surface area contributed by atoms with Crippen LogP contribution in [-0.4, -0.2) is 10.7 Å². The molecular weight excluding hydrogens is 332 g/mol. The van der Waals surface area contributed by atoms with E-state index in [2.05, 4.69) is 6.92 Å². The Labute approximate surface area is 149 Å². The number of nitrogen functional groups attached to an aromatic ring is 1. The fraction of sp³-hybridized carbons (Fsp3) is 0.250. The number of nitrogens with two attached hydrogens (primary N) is 1. The lowest BCUT2D eigenvalue weighted by Gasteiger charge is -2.21. The molecule has 1 atom stereocenters. The maximum Gasteiger partial charge on any atom is 0.270 e. The zero-order valence-electron chi connectivity index (χ0n) is 14.3. The molecule has 4 rings (SSSR count). The number of hydrogen-bond donors (Lipinski definition) is 1. The van der Waals surface area contributed by atoms with Gasteiger partial charge in [0.25, 0.3) is 5.69 Å². The normalized spacial score (nSPS) is 16.4. The molecule has 6 nitrogen and oxygen atoms in total. The third kappa shape index (κ3) is 2.54. The Bertz CT molecular complexity index is 1050. The first-order chi connectivity index (χ1) is 12.5. The standard InChI is InChI=1S/C20H18N2O4/c1-11-4-2-5-12-9-16-17(10-15(11)12)26-20(18(16)21)19(23)13-6-3-7-14(8-13)22(24)25/h3,6-11H,2,4-5,21H2,1H3. The van der Waals surface area contributed by atoms with Crippen LogP contribution in [0.5, 0.6) is 0 Å². The molecule has 2 N–H and O–H groups in total. The van der Waals surface area contributed by atoms with Gasteiger partial charge < -0.3 is 10.2 Å². The summed E-state index contributed by atoms with van der Waals surface area (Å²) in [5.41, 5.74) is 9.60. The summed E-state index contributed by atoms with van der Waals surface area (Å²) in [6.45, 7) is 2.19. The van der Waals surface area contributed by atoms with Crippen molar-refractivity contribution in [1.29, 1.82) is 0 Å². The molecular formula is C20H18N2O4. The summed E-state index contributed by atoms with van der Waals surface area (Å²) in [4.78, 5) is 23.2. The highest BCUT2D eigenvalue weighted by molar-refractivity contribution is 6.14. The SMILES string of the molecule is CC1CCCc2cc3c(N)c(C(=O)c4cccc([N+](=O)[O-])c4)oc3cc21. The minimum atomic E-state index is -0.534. The third-order valence-electron chi connectivity index (χ3n) is 5.13. The van der Waals surface area contributed by atoms with Crippen LogP contribution < -0.4 is 5.73 Å². The van der Waals surface area contributed by atoms with Gasteiger partial charge in [-0.3, -0.25) is 14.9 Å². The maximum atomic E-state index is 12.8. The number of carbonyl (C=O) groups excluding carboxylic acids is 1. The molecule has 26 heavy (non-hydrogen) atoms. The predicted molar refractivity (Wildman–Crippen MR) is 98.5 cm³/mol. The highest BCUT2D eigenvalue weighted by Crippen LogP contribution is 2.38. The summed E-state index contributed by atoms with van der Waals surface area (Å²) in [5, 5.41) is 11.7. The minimum Gasteiger partial charge on any atom is -0.450 e. The van der Waals surface area contributed by atoms with Gasteiger partial charge in [0, 0.05) is 23.1 Å². The number of non-ortho nitro benzene ring substituents is 1. The number of aryl methyl sites for hydroxylation is 1. The maximum absolute atomic E-state index is 12.8. The number of furan rings is 1. The van der Waals surface area contributed by atoms with Crippen LogP contribution in [0.1, 0.15) is 52.9 Å². The fourth-order valence-electron chi connectivity index (χ4n) is 3.71. The van der Waals surface area contributed by atoms with Gasteiger partial charge in [0.15, 0.2) is 5.76 Å². The topological polar surface area (TPSA) is 99.4 Å². The molecule has 0 spiro atoms. The Morgan fingerprint density at radius 3 is 2.88 bits per heavy atom. The molecule has 0 saturated carbocycles. The average molecular weight is 350 g/mol. The predicted octanol–water partition coefficient (Wildman–Crippen LogP) is 4.59. The Balaban J connectivity index is 1.82. The first-order valence-corrected chi connectivity index (χ1v) is 8.59. The van der Waals surface area contributed by atoms with Crippen molar-refractivity contribution in [3.8, 4) is 0 Å². The molecule has 0 saturated heterocycles. The number of rotatable bonds is 3. The van der Waals surface area contributed by atoms with Crippen molar-refractivity contribution in [1.82, 2.24) is 0 Å². The summed E-state index contributed by atoms with van der Waals surface area (Å²) in [5.74, 6) is 0.0364. The molecule has 1 aliphatic carbocycles. The molecule has 3 aromatic rings. The Kier molecular flexibility index (Phi) is 3.76. The zero-order chi connectivity index (χ0) is 18.4. The number of nitrogens with zero attached hydrogens (tertiary/aromatic N) is 1. The van der Waals surface area contributed by atoms with Crippen LogP contribution in [-0.2, 0) is 6.42 Å². The van der Waals surface area contributed by atoms with Crippen molar-refractivity contribution >= 4 is 28.1 Å². The van der Waals surface area contributed by atoms with Crippen molar-refractivity contribution in [2.75, 3.05) is 5.73 Å². The van der Waals surface area contributed by atoms with Crippen molar-refractivity contribution in [2.45, 2.75) is 32.1 Å². The minimum absolute atomic E-state index is 0.0375.